The molecule has 0 saturated heterocycles. The summed E-state index contributed by atoms with van der Waals surface area (Å²) in [7, 11) is 0. The summed E-state index contributed by atoms with van der Waals surface area (Å²) < 4.78 is 1.42. The molecule has 7 heteroatoms. The van der Waals surface area contributed by atoms with Crippen LogP contribution in [-0.4, -0.2) is 44.8 Å². The molecule has 0 aliphatic rings. The molecule has 18 heavy (non-hydrogen) atoms. The second-order valence-electron chi connectivity index (χ2n) is 3.77. The second kappa shape index (κ2) is 6.73. The van der Waals surface area contributed by atoms with Crippen LogP contribution in [-0.2, 0) is 16.1 Å². The Hall–Kier alpha value is -1.92. The predicted molar refractivity (Wildman–Crippen MR) is 66.9 cm³/mol. The highest BCUT2D eigenvalue weighted by molar-refractivity contribution is 5.89. The maximum absolute atomic E-state index is 11.8. The van der Waals surface area contributed by atoms with Crippen LogP contribution in [0.2, 0.25) is 0 Å². The van der Waals surface area contributed by atoms with Crippen molar-refractivity contribution < 1.29 is 9.59 Å². The number of carbonyl (C=O) groups is 2. The average molecular weight is 253 g/mol. The number of rotatable bonds is 6. The average Bonchev–Trinajstić information content (AvgIpc) is 2.77. The summed E-state index contributed by atoms with van der Waals surface area (Å²) in [5.74, 6) is 0.226. The van der Waals surface area contributed by atoms with Gasteiger partial charge in [-0.05, 0) is 13.8 Å². The van der Waals surface area contributed by atoms with E-state index in [1.165, 1.54) is 4.68 Å². The molecule has 1 aromatic rings. The van der Waals surface area contributed by atoms with Crippen LogP contribution >= 0.6 is 0 Å². The molecule has 0 radical (unpaired) electrons. The smallest absolute Gasteiger partial charge is 0.244 e. The van der Waals surface area contributed by atoms with Crippen molar-refractivity contribution in [2.24, 2.45) is 0 Å². The van der Waals surface area contributed by atoms with Crippen molar-refractivity contribution in [3.05, 3.63) is 6.20 Å². The summed E-state index contributed by atoms with van der Waals surface area (Å²) in [5, 5.41) is 10.2. The van der Waals surface area contributed by atoms with E-state index in [4.69, 9.17) is 0 Å². The number of carbonyl (C=O) groups excluding carboxylic acids is 2. The summed E-state index contributed by atoms with van der Waals surface area (Å²) >= 11 is 0. The van der Waals surface area contributed by atoms with Gasteiger partial charge in [0.05, 0.1) is 6.20 Å². The van der Waals surface area contributed by atoms with Crippen LogP contribution < -0.4 is 5.32 Å². The van der Waals surface area contributed by atoms with Crippen LogP contribution in [0.15, 0.2) is 6.20 Å². The first kappa shape index (κ1) is 14.1. The molecule has 0 aromatic carbocycles. The van der Waals surface area contributed by atoms with Crippen molar-refractivity contribution in [3.63, 3.8) is 0 Å². The molecule has 7 nitrogen and oxygen atoms in total. The van der Waals surface area contributed by atoms with E-state index in [-0.39, 0.29) is 18.4 Å². The molecule has 1 N–H and O–H groups in total. The molecular weight excluding hydrogens is 234 g/mol. The lowest BCUT2D eigenvalue weighted by atomic mass is 10.4. The summed E-state index contributed by atoms with van der Waals surface area (Å²) in [5.41, 5.74) is 0. The normalized spacial score (nSPS) is 10.2. The SMILES string of the molecule is CCC(=O)Nc1cn(CC(=O)N(CC)CC)nn1. The molecule has 1 rings (SSSR count). The Labute approximate surface area is 106 Å². The van der Waals surface area contributed by atoms with Gasteiger partial charge in [-0.1, -0.05) is 12.1 Å². The van der Waals surface area contributed by atoms with Crippen molar-refractivity contribution >= 4 is 17.6 Å². The number of aromatic nitrogens is 3. The first-order valence-corrected chi connectivity index (χ1v) is 6.08. The zero-order chi connectivity index (χ0) is 13.5. The Morgan fingerprint density at radius 1 is 1.33 bits per heavy atom. The number of hydrogen-bond donors (Lipinski definition) is 1. The molecule has 2 amide bonds. The summed E-state index contributed by atoms with van der Waals surface area (Å²) in [6.45, 7) is 7.08. The molecule has 0 aliphatic carbocycles. The van der Waals surface area contributed by atoms with Gasteiger partial charge in [-0.3, -0.25) is 9.59 Å². The van der Waals surface area contributed by atoms with Crippen molar-refractivity contribution in [1.82, 2.24) is 19.9 Å². The number of nitrogens with one attached hydrogen (secondary N) is 1. The second-order valence-corrected chi connectivity index (χ2v) is 3.77. The van der Waals surface area contributed by atoms with Gasteiger partial charge in [0.1, 0.15) is 6.54 Å². The minimum absolute atomic E-state index is 0.0155. The molecule has 0 spiro atoms. The molecule has 0 unspecified atom stereocenters. The molecule has 1 aromatic heterocycles. The van der Waals surface area contributed by atoms with E-state index < -0.39 is 0 Å². The van der Waals surface area contributed by atoms with E-state index in [1.54, 1.807) is 18.0 Å². The third kappa shape index (κ3) is 3.83. The monoisotopic (exact) mass is 253 g/mol. The van der Waals surface area contributed by atoms with Gasteiger partial charge in [-0.15, -0.1) is 5.10 Å². The molecule has 100 valence electrons. The van der Waals surface area contributed by atoms with Crippen LogP contribution in [0.3, 0.4) is 0 Å². The minimum Gasteiger partial charge on any atom is -0.342 e. The molecule has 0 bridgehead atoms. The van der Waals surface area contributed by atoms with Crippen LogP contribution in [0.5, 0.6) is 0 Å². The molecule has 0 saturated carbocycles. The Morgan fingerprint density at radius 3 is 2.56 bits per heavy atom. The van der Waals surface area contributed by atoms with Gasteiger partial charge in [-0.2, -0.15) is 0 Å². The number of likely N-dealkylation sites (N-methyl/N-ethyl adjacent to an activating group) is 1. The zero-order valence-electron chi connectivity index (χ0n) is 11.0. The predicted octanol–water partition coefficient (Wildman–Crippen LogP) is 0.495. The van der Waals surface area contributed by atoms with E-state index in [1.807, 2.05) is 13.8 Å². The van der Waals surface area contributed by atoms with Crippen LogP contribution in [0, 0.1) is 0 Å². The quantitative estimate of drug-likeness (QED) is 0.800. The largest absolute Gasteiger partial charge is 0.342 e. The van der Waals surface area contributed by atoms with Crippen LogP contribution in [0.25, 0.3) is 0 Å². The Morgan fingerprint density at radius 2 is 2.00 bits per heavy atom. The molecule has 0 fully saturated rings. The van der Waals surface area contributed by atoms with Crippen molar-refractivity contribution in [1.29, 1.82) is 0 Å². The van der Waals surface area contributed by atoms with Gasteiger partial charge >= 0.3 is 0 Å². The lowest BCUT2D eigenvalue weighted by Gasteiger charge is -2.17. The molecular formula is C11H19N5O2. The van der Waals surface area contributed by atoms with Crippen molar-refractivity contribution in [2.45, 2.75) is 33.7 Å². The topological polar surface area (TPSA) is 80.1 Å². The molecule has 0 aliphatic heterocycles. The van der Waals surface area contributed by atoms with Gasteiger partial charge in [0, 0.05) is 19.5 Å². The highest BCUT2D eigenvalue weighted by Gasteiger charge is 2.12. The fraction of sp³-hybridized carbons (Fsp3) is 0.636. The van der Waals surface area contributed by atoms with Crippen molar-refractivity contribution in [3.8, 4) is 0 Å². The maximum Gasteiger partial charge on any atom is 0.244 e. The highest BCUT2D eigenvalue weighted by atomic mass is 16.2. The minimum atomic E-state index is -0.128. The lowest BCUT2D eigenvalue weighted by Crippen LogP contribution is -2.33. The Kier molecular flexibility index (Phi) is 5.29. The van der Waals surface area contributed by atoms with E-state index in [2.05, 4.69) is 15.6 Å². The number of hydrogen-bond acceptors (Lipinski definition) is 4. The van der Waals surface area contributed by atoms with Crippen LogP contribution in [0.1, 0.15) is 27.2 Å². The lowest BCUT2D eigenvalue weighted by molar-refractivity contribution is -0.131. The van der Waals surface area contributed by atoms with E-state index in [9.17, 15) is 9.59 Å². The van der Waals surface area contributed by atoms with E-state index in [0.717, 1.165) is 0 Å². The number of amides is 2. The van der Waals surface area contributed by atoms with Gasteiger partial charge in [0.15, 0.2) is 5.82 Å². The first-order valence-electron chi connectivity index (χ1n) is 6.08. The van der Waals surface area contributed by atoms with E-state index in [0.29, 0.717) is 25.3 Å². The number of anilines is 1. The fourth-order valence-electron chi connectivity index (χ4n) is 1.48. The summed E-state index contributed by atoms with van der Waals surface area (Å²) in [6, 6.07) is 0. The van der Waals surface area contributed by atoms with Crippen molar-refractivity contribution in [2.75, 3.05) is 18.4 Å². The number of nitrogens with zero attached hydrogens (tertiary/aromatic N) is 4. The standard InChI is InChI=1S/C11H19N5O2/c1-4-10(17)12-9-7-16(14-13-9)8-11(18)15(5-2)6-3/h7H,4-6,8H2,1-3H3,(H,12,17). The Bertz CT molecular complexity index is 411. The van der Waals surface area contributed by atoms with Gasteiger partial charge in [0.25, 0.3) is 0 Å². The molecule has 1 heterocycles. The fourth-order valence-corrected chi connectivity index (χ4v) is 1.48. The zero-order valence-corrected chi connectivity index (χ0v) is 11.0. The maximum atomic E-state index is 11.8. The van der Waals surface area contributed by atoms with Crippen LogP contribution in [0.4, 0.5) is 5.82 Å². The summed E-state index contributed by atoms with van der Waals surface area (Å²) in [4.78, 5) is 24.7. The molecule has 0 atom stereocenters. The van der Waals surface area contributed by atoms with Gasteiger partial charge in [-0.25, -0.2) is 4.68 Å². The third-order valence-electron chi connectivity index (χ3n) is 2.54. The van der Waals surface area contributed by atoms with E-state index >= 15 is 0 Å². The summed E-state index contributed by atoms with van der Waals surface area (Å²) in [6.07, 6.45) is 1.93. The third-order valence-corrected chi connectivity index (χ3v) is 2.54. The Balaban J connectivity index is 2.58. The highest BCUT2D eigenvalue weighted by Crippen LogP contribution is 2.01. The first-order chi connectivity index (χ1) is 8.60. The van der Waals surface area contributed by atoms with Gasteiger partial charge < -0.3 is 10.2 Å². The van der Waals surface area contributed by atoms with Gasteiger partial charge in [0.2, 0.25) is 11.8 Å².